The molecule has 0 radical (unpaired) electrons. The summed E-state index contributed by atoms with van der Waals surface area (Å²) in [6.07, 6.45) is 2.22. The molecule has 0 bridgehead atoms. The summed E-state index contributed by atoms with van der Waals surface area (Å²) in [4.78, 5) is 22.2. The van der Waals surface area contributed by atoms with Gasteiger partial charge in [-0.3, -0.25) is 4.90 Å². The van der Waals surface area contributed by atoms with Crippen LogP contribution in [-0.2, 0) is 11.2 Å². The number of nitrogens with one attached hydrogen (secondary N) is 1. The number of H-pyrrole nitrogens is 1. The van der Waals surface area contributed by atoms with Gasteiger partial charge in [0, 0.05) is 56.4 Å². The van der Waals surface area contributed by atoms with Crippen LogP contribution in [0, 0.1) is 0 Å². The average molecular weight is 374 g/mol. The zero-order chi connectivity index (χ0) is 19.2. The monoisotopic (exact) mass is 374 g/mol. The van der Waals surface area contributed by atoms with Gasteiger partial charge in [-0.2, -0.15) is 0 Å². The molecule has 1 N–H and O–H groups in total. The maximum absolute atomic E-state index is 12.2. The number of aromatic nitrogens is 1. The lowest BCUT2D eigenvalue weighted by Crippen LogP contribution is -2.45. The predicted octanol–water partition coefficient (Wildman–Crippen LogP) is 2.03. The van der Waals surface area contributed by atoms with Crippen molar-refractivity contribution < 1.29 is 14.3 Å². The first-order valence-corrected chi connectivity index (χ1v) is 9.52. The van der Waals surface area contributed by atoms with Gasteiger partial charge in [-0.05, 0) is 45.3 Å². The highest BCUT2D eigenvalue weighted by atomic mass is 16.7. The molecule has 1 aromatic heterocycles. The lowest BCUT2D eigenvalue weighted by atomic mass is 10.1. The molecule has 1 fully saturated rings. The van der Waals surface area contributed by atoms with Gasteiger partial charge in [0.2, 0.25) is 0 Å². The maximum atomic E-state index is 12.2. The Balaban J connectivity index is 1.55. The molecular weight excluding hydrogens is 344 g/mol. The van der Waals surface area contributed by atoms with Crippen molar-refractivity contribution in [2.45, 2.75) is 6.42 Å². The van der Waals surface area contributed by atoms with Gasteiger partial charge in [-0.25, -0.2) is 4.79 Å². The molecule has 0 spiro atoms. The maximum Gasteiger partial charge on any atom is 0.513 e. The van der Waals surface area contributed by atoms with Crippen molar-refractivity contribution in [3.8, 4) is 5.75 Å². The van der Waals surface area contributed by atoms with Crippen LogP contribution in [0.4, 0.5) is 4.79 Å². The third-order valence-corrected chi connectivity index (χ3v) is 4.99. The molecule has 27 heavy (non-hydrogen) atoms. The summed E-state index contributed by atoms with van der Waals surface area (Å²) in [7, 11) is 6.22. The standard InChI is InChI=1S/C20H30N4O3/c1-22(2)8-7-16-15-21-17-5-4-6-18(19(16)17)27-20(25)26-14-13-24-11-9-23(3)10-12-24/h4-6,15,21H,7-14H2,1-3H3. The van der Waals surface area contributed by atoms with Gasteiger partial charge in [0.05, 0.1) is 0 Å². The molecule has 148 valence electrons. The smallest absolute Gasteiger partial charge is 0.433 e. The van der Waals surface area contributed by atoms with Crippen molar-refractivity contribution in [1.82, 2.24) is 19.7 Å². The topological polar surface area (TPSA) is 61.0 Å². The number of carbonyl (C=O) groups is 1. The summed E-state index contributed by atoms with van der Waals surface area (Å²) in [5.41, 5.74) is 2.10. The third kappa shape index (κ3) is 5.45. The fraction of sp³-hybridized carbons (Fsp3) is 0.550. The minimum absolute atomic E-state index is 0.346. The Labute approximate surface area is 160 Å². The zero-order valence-electron chi connectivity index (χ0n) is 16.5. The molecule has 1 aliphatic heterocycles. The second-order valence-electron chi connectivity index (χ2n) is 7.39. The highest BCUT2D eigenvalue weighted by Gasteiger charge is 2.16. The van der Waals surface area contributed by atoms with Crippen LogP contribution in [0.2, 0.25) is 0 Å². The van der Waals surface area contributed by atoms with Crippen molar-refractivity contribution in [1.29, 1.82) is 0 Å². The summed E-state index contributed by atoms with van der Waals surface area (Å²) in [6.45, 7) is 6.13. The summed E-state index contributed by atoms with van der Waals surface area (Å²) >= 11 is 0. The molecule has 7 nitrogen and oxygen atoms in total. The number of fused-ring (bicyclic) bond motifs is 1. The first-order valence-electron chi connectivity index (χ1n) is 9.52. The number of hydrogen-bond donors (Lipinski definition) is 1. The van der Waals surface area contributed by atoms with Crippen molar-refractivity contribution >= 4 is 17.1 Å². The molecule has 0 unspecified atom stereocenters. The summed E-state index contributed by atoms with van der Waals surface area (Å²) in [5.74, 6) is 0.548. The molecule has 0 atom stereocenters. The van der Waals surface area contributed by atoms with E-state index in [1.54, 1.807) is 0 Å². The number of likely N-dealkylation sites (N-methyl/N-ethyl adjacent to an activating group) is 2. The van der Waals surface area contributed by atoms with E-state index in [9.17, 15) is 4.79 Å². The first kappa shape index (κ1) is 19.7. The number of carbonyl (C=O) groups excluding carboxylic acids is 1. The lowest BCUT2D eigenvalue weighted by molar-refractivity contribution is 0.0766. The number of benzene rings is 1. The minimum Gasteiger partial charge on any atom is -0.433 e. The minimum atomic E-state index is -0.642. The van der Waals surface area contributed by atoms with Crippen LogP contribution in [0.25, 0.3) is 10.9 Å². The molecule has 0 aliphatic carbocycles. The van der Waals surface area contributed by atoms with Gasteiger partial charge in [0.15, 0.2) is 0 Å². The van der Waals surface area contributed by atoms with Gasteiger partial charge in [-0.15, -0.1) is 0 Å². The Morgan fingerprint density at radius 2 is 2.00 bits per heavy atom. The van der Waals surface area contributed by atoms with E-state index < -0.39 is 6.16 Å². The molecule has 2 aromatic rings. The van der Waals surface area contributed by atoms with Crippen molar-refractivity contribution in [3.05, 3.63) is 30.0 Å². The highest BCUT2D eigenvalue weighted by Crippen LogP contribution is 2.29. The van der Waals surface area contributed by atoms with E-state index in [-0.39, 0.29) is 0 Å². The molecule has 1 aromatic carbocycles. The Kier molecular flexibility index (Phi) is 6.71. The van der Waals surface area contributed by atoms with Crippen LogP contribution in [0.5, 0.6) is 5.75 Å². The molecule has 1 saturated heterocycles. The lowest BCUT2D eigenvalue weighted by Gasteiger charge is -2.31. The Bertz CT molecular complexity index is 751. The Morgan fingerprint density at radius 3 is 2.74 bits per heavy atom. The number of piperazine rings is 1. The van der Waals surface area contributed by atoms with Crippen LogP contribution in [0.3, 0.4) is 0 Å². The second-order valence-corrected chi connectivity index (χ2v) is 7.39. The van der Waals surface area contributed by atoms with Gasteiger partial charge in [-0.1, -0.05) is 6.07 Å². The number of rotatable bonds is 7. The van der Waals surface area contributed by atoms with Crippen molar-refractivity contribution in [3.63, 3.8) is 0 Å². The summed E-state index contributed by atoms with van der Waals surface area (Å²) < 4.78 is 10.8. The molecule has 7 heteroatoms. The largest absolute Gasteiger partial charge is 0.513 e. The van der Waals surface area contributed by atoms with Gasteiger partial charge >= 0.3 is 6.16 Å². The van der Waals surface area contributed by atoms with Crippen LogP contribution < -0.4 is 4.74 Å². The van der Waals surface area contributed by atoms with Crippen molar-refractivity contribution in [2.24, 2.45) is 0 Å². The normalized spacial score (nSPS) is 16.1. The van der Waals surface area contributed by atoms with E-state index in [0.29, 0.717) is 12.4 Å². The predicted molar refractivity (Wildman–Crippen MR) is 106 cm³/mol. The molecule has 1 aliphatic rings. The van der Waals surface area contributed by atoms with E-state index in [1.165, 1.54) is 0 Å². The van der Waals surface area contributed by atoms with Gasteiger partial charge < -0.3 is 24.3 Å². The number of nitrogens with zero attached hydrogens (tertiary/aromatic N) is 3. The molecule has 0 amide bonds. The molecule has 3 rings (SSSR count). The zero-order valence-corrected chi connectivity index (χ0v) is 16.5. The third-order valence-electron chi connectivity index (χ3n) is 4.99. The van der Waals surface area contributed by atoms with Crippen LogP contribution in [-0.4, -0.2) is 92.9 Å². The van der Waals surface area contributed by atoms with E-state index in [0.717, 1.165) is 62.2 Å². The highest BCUT2D eigenvalue weighted by molar-refractivity contribution is 5.90. The van der Waals surface area contributed by atoms with E-state index in [1.807, 2.05) is 38.5 Å². The second kappa shape index (κ2) is 9.21. The summed E-state index contributed by atoms with van der Waals surface area (Å²) in [5, 5.41) is 0.954. The number of ether oxygens (including phenoxy) is 2. The molecule has 0 saturated carbocycles. The fourth-order valence-electron chi connectivity index (χ4n) is 3.29. The number of hydrogen-bond acceptors (Lipinski definition) is 6. The van der Waals surface area contributed by atoms with Gasteiger partial charge in [0.25, 0.3) is 0 Å². The van der Waals surface area contributed by atoms with E-state index >= 15 is 0 Å². The van der Waals surface area contributed by atoms with E-state index in [4.69, 9.17) is 9.47 Å². The van der Waals surface area contributed by atoms with E-state index in [2.05, 4.69) is 26.7 Å². The fourth-order valence-corrected chi connectivity index (χ4v) is 3.29. The van der Waals surface area contributed by atoms with Crippen molar-refractivity contribution in [2.75, 3.05) is 67.0 Å². The average Bonchev–Trinajstić information content (AvgIpc) is 3.06. The first-order chi connectivity index (χ1) is 13.0. The number of aromatic amines is 1. The molecule has 2 heterocycles. The Hall–Kier alpha value is -2.09. The summed E-state index contributed by atoms with van der Waals surface area (Å²) in [6, 6.07) is 5.68. The van der Waals surface area contributed by atoms with Crippen LogP contribution >= 0.6 is 0 Å². The Morgan fingerprint density at radius 1 is 1.22 bits per heavy atom. The van der Waals surface area contributed by atoms with Gasteiger partial charge in [0.1, 0.15) is 12.4 Å². The SMILES string of the molecule is CN(C)CCc1c[nH]c2cccc(OC(=O)OCCN3CCN(C)CC3)c12. The van der Waals surface area contributed by atoms with Crippen LogP contribution in [0.15, 0.2) is 24.4 Å². The van der Waals surface area contributed by atoms with Crippen LogP contribution in [0.1, 0.15) is 5.56 Å². The quantitative estimate of drug-likeness (QED) is 0.591. The molecular formula is C20H30N4O3.